The van der Waals surface area contributed by atoms with E-state index in [1.807, 2.05) is 55.5 Å². The molecule has 0 aliphatic carbocycles. The number of unbranched alkanes of at least 4 members (excludes halogenated alkanes) is 3. The van der Waals surface area contributed by atoms with Crippen LogP contribution in [0.2, 0.25) is 0 Å². The summed E-state index contributed by atoms with van der Waals surface area (Å²) in [6.07, 6.45) is 16.3. The second-order valence-corrected chi connectivity index (χ2v) is 10.2. The van der Waals surface area contributed by atoms with E-state index in [-0.39, 0.29) is 18.0 Å². The third kappa shape index (κ3) is 16.0. The van der Waals surface area contributed by atoms with Gasteiger partial charge in [0.05, 0.1) is 20.8 Å². The molecule has 2 unspecified atom stereocenters. The van der Waals surface area contributed by atoms with Crippen LogP contribution < -0.4 is 9.47 Å². The molecule has 0 aromatic heterocycles. The molecule has 0 aliphatic rings. The number of methoxy groups -OCH3 is 2. The van der Waals surface area contributed by atoms with Crippen LogP contribution in [0.25, 0.3) is 12.2 Å². The van der Waals surface area contributed by atoms with Crippen LogP contribution in [-0.4, -0.2) is 38.9 Å². The first-order chi connectivity index (χ1) is 20.4. The second kappa shape index (κ2) is 23.1. The van der Waals surface area contributed by atoms with Crippen LogP contribution in [0.1, 0.15) is 96.6 Å². The van der Waals surface area contributed by atoms with Crippen LogP contribution in [-0.2, 0) is 19.1 Å². The van der Waals surface area contributed by atoms with E-state index in [0.29, 0.717) is 12.5 Å². The van der Waals surface area contributed by atoms with Gasteiger partial charge in [-0.25, -0.2) is 9.59 Å². The van der Waals surface area contributed by atoms with E-state index in [1.165, 1.54) is 37.8 Å². The van der Waals surface area contributed by atoms with Gasteiger partial charge in [-0.05, 0) is 67.5 Å². The second-order valence-electron chi connectivity index (χ2n) is 10.2. The largest absolute Gasteiger partial charge is 0.497 e. The normalized spacial score (nSPS) is 12.3. The van der Waals surface area contributed by atoms with Crippen LogP contribution in [0.4, 0.5) is 0 Å². The lowest BCUT2D eigenvalue weighted by molar-refractivity contribution is -0.143. The quantitative estimate of drug-likeness (QED) is 0.0995. The molecular weight excluding hydrogens is 528 g/mol. The van der Waals surface area contributed by atoms with Gasteiger partial charge in [-0.15, -0.1) is 0 Å². The maximum Gasteiger partial charge on any atom is 0.331 e. The molecule has 0 fully saturated rings. The van der Waals surface area contributed by atoms with Crippen molar-refractivity contribution in [3.8, 4) is 11.5 Å². The Hall–Kier alpha value is -3.54. The summed E-state index contributed by atoms with van der Waals surface area (Å²) in [6.45, 7) is 9.05. The lowest BCUT2D eigenvalue weighted by atomic mass is 10.0. The standard InChI is InChI=1S/2C18H26O3/c1-4-6-7-15(5-2)14-21-18(19)13-10-16-8-11-17(20-3)12-9-16;1-4-6-7-11-16(5-2)21-18(19)14-13-15-10-8-9-12-17(15)20-3/h8-13,15H,4-7,14H2,1-3H3;8-10,12-14,16H,4-7,11H2,1-3H3/b13-10+;14-13+. The van der Waals surface area contributed by atoms with Gasteiger partial charge in [0.15, 0.2) is 0 Å². The average Bonchev–Trinajstić information content (AvgIpc) is 3.03. The van der Waals surface area contributed by atoms with Crippen molar-refractivity contribution in [1.29, 1.82) is 0 Å². The molecule has 0 aliphatic heterocycles. The van der Waals surface area contributed by atoms with E-state index in [2.05, 4.69) is 20.8 Å². The predicted molar refractivity (Wildman–Crippen MR) is 173 cm³/mol. The van der Waals surface area contributed by atoms with E-state index in [0.717, 1.165) is 54.7 Å². The summed E-state index contributed by atoms with van der Waals surface area (Å²) in [5.41, 5.74) is 1.82. The van der Waals surface area contributed by atoms with Gasteiger partial charge in [0.2, 0.25) is 0 Å². The first-order valence-electron chi connectivity index (χ1n) is 15.4. The summed E-state index contributed by atoms with van der Waals surface area (Å²) in [6, 6.07) is 15.1. The number of esters is 2. The Bertz CT molecular complexity index is 1060. The molecule has 6 nitrogen and oxygen atoms in total. The third-order valence-electron chi connectivity index (χ3n) is 6.94. The molecule has 0 spiro atoms. The van der Waals surface area contributed by atoms with Crippen LogP contribution in [0.3, 0.4) is 0 Å². The highest BCUT2D eigenvalue weighted by atomic mass is 16.5. The lowest BCUT2D eigenvalue weighted by Gasteiger charge is -2.14. The molecule has 0 saturated heterocycles. The zero-order valence-electron chi connectivity index (χ0n) is 26.6. The van der Waals surface area contributed by atoms with E-state index in [4.69, 9.17) is 18.9 Å². The molecule has 42 heavy (non-hydrogen) atoms. The van der Waals surface area contributed by atoms with Crippen molar-refractivity contribution in [3.63, 3.8) is 0 Å². The van der Waals surface area contributed by atoms with Gasteiger partial charge >= 0.3 is 11.9 Å². The zero-order chi connectivity index (χ0) is 31.0. The highest BCUT2D eigenvalue weighted by Crippen LogP contribution is 2.19. The average molecular weight is 581 g/mol. The number of rotatable bonds is 18. The van der Waals surface area contributed by atoms with E-state index < -0.39 is 0 Å². The van der Waals surface area contributed by atoms with E-state index >= 15 is 0 Å². The molecule has 0 bridgehead atoms. The summed E-state index contributed by atoms with van der Waals surface area (Å²) in [4.78, 5) is 23.6. The Morgan fingerprint density at radius 2 is 1.43 bits per heavy atom. The van der Waals surface area contributed by atoms with Gasteiger partial charge in [-0.3, -0.25) is 0 Å². The number of carbonyl (C=O) groups is 2. The summed E-state index contributed by atoms with van der Waals surface area (Å²) in [5, 5.41) is 0. The topological polar surface area (TPSA) is 71.1 Å². The minimum absolute atomic E-state index is 0.0198. The third-order valence-corrected chi connectivity index (χ3v) is 6.94. The summed E-state index contributed by atoms with van der Waals surface area (Å²) in [7, 11) is 3.25. The summed E-state index contributed by atoms with van der Waals surface area (Å²) >= 11 is 0. The lowest BCUT2D eigenvalue weighted by Crippen LogP contribution is -2.15. The van der Waals surface area contributed by atoms with Gasteiger partial charge in [-0.1, -0.05) is 90.1 Å². The number of ether oxygens (including phenoxy) is 4. The summed E-state index contributed by atoms with van der Waals surface area (Å²) < 4.78 is 21.1. The molecule has 6 heteroatoms. The molecule has 232 valence electrons. The summed E-state index contributed by atoms with van der Waals surface area (Å²) in [5.74, 6) is 1.46. The number of hydrogen-bond acceptors (Lipinski definition) is 6. The molecule has 2 rings (SSSR count). The van der Waals surface area contributed by atoms with Gasteiger partial charge in [0.25, 0.3) is 0 Å². The minimum Gasteiger partial charge on any atom is -0.497 e. The monoisotopic (exact) mass is 580 g/mol. The first-order valence-corrected chi connectivity index (χ1v) is 15.4. The van der Waals surface area contributed by atoms with Crippen LogP contribution >= 0.6 is 0 Å². The van der Waals surface area contributed by atoms with Crippen molar-refractivity contribution < 1.29 is 28.5 Å². The van der Waals surface area contributed by atoms with Crippen molar-refractivity contribution in [3.05, 3.63) is 71.8 Å². The smallest absolute Gasteiger partial charge is 0.331 e. The van der Waals surface area contributed by atoms with Crippen molar-refractivity contribution in [2.24, 2.45) is 5.92 Å². The Morgan fingerprint density at radius 3 is 2.05 bits per heavy atom. The van der Waals surface area contributed by atoms with Gasteiger partial charge in [0, 0.05) is 17.7 Å². The molecule has 2 aromatic rings. The Balaban J connectivity index is 0.000000420. The molecule has 2 aromatic carbocycles. The first kappa shape index (κ1) is 36.5. The molecule has 0 N–H and O–H groups in total. The van der Waals surface area contributed by atoms with Crippen LogP contribution in [0.5, 0.6) is 11.5 Å². The number of para-hydroxylation sites is 1. The maximum atomic E-state index is 11.9. The van der Waals surface area contributed by atoms with Crippen molar-refractivity contribution in [1.82, 2.24) is 0 Å². The zero-order valence-corrected chi connectivity index (χ0v) is 26.6. The van der Waals surface area contributed by atoms with Crippen LogP contribution in [0.15, 0.2) is 60.7 Å². The fourth-order valence-electron chi connectivity index (χ4n) is 4.16. The van der Waals surface area contributed by atoms with Gasteiger partial charge in [-0.2, -0.15) is 0 Å². The van der Waals surface area contributed by atoms with Crippen molar-refractivity contribution in [2.75, 3.05) is 20.8 Å². The molecule has 2 atom stereocenters. The number of carbonyl (C=O) groups excluding carboxylic acids is 2. The SMILES string of the molecule is CCCCC(CC)COC(=O)/C=C/c1ccc(OC)cc1.CCCCCC(CC)OC(=O)/C=C/c1ccccc1OC. The van der Waals surface area contributed by atoms with Crippen molar-refractivity contribution >= 4 is 24.1 Å². The number of hydrogen-bond donors (Lipinski definition) is 0. The van der Waals surface area contributed by atoms with Gasteiger partial charge < -0.3 is 18.9 Å². The Kier molecular flexibility index (Phi) is 20.0. The molecule has 0 radical (unpaired) electrons. The highest BCUT2D eigenvalue weighted by Gasteiger charge is 2.10. The van der Waals surface area contributed by atoms with Crippen LogP contribution in [0, 0.1) is 5.92 Å². The Morgan fingerprint density at radius 1 is 0.738 bits per heavy atom. The highest BCUT2D eigenvalue weighted by molar-refractivity contribution is 5.88. The molecule has 0 saturated carbocycles. The fraction of sp³-hybridized carbons (Fsp3) is 0.500. The maximum absolute atomic E-state index is 11.9. The minimum atomic E-state index is -0.288. The van der Waals surface area contributed by atoms with Gasteiger partial charge in [0.1, 0.15) is 17.6 Å². The fourth-order valence-corrected chi connectivity index (χ4v) is 4.16. The van der Waals surface area contributed by atoms with E-state index in [9.17, 15) is 9.59 Å². The van der Waals surface area contributed by atoms with Crippen molar-refractivity contribution in [2.45, 2.75) is 91.6 Å². The molecule has 0 amide bonds. The molecule has 0 heterocycles. The molecular formula is C36H52O6. The van der Waals surface area contributed by atoms with E-state index in [1.54, 1.807) is 26.4 Å². The predicted octanol–water partition coefficient (Wildman–Crippen LogP) is 9.08. The number of benzene rings is 2. The Labute approximate surface area is 254 Å².